The summed E-state index contributed by atoms with van der Waals surface area (Å²) in [6.45, 7) is 9.24. The molecule has 0 amide bonds. The largest absolute Gasteiger partial charge is 0.381 e. The molecule has 1 aliphatic carbocycles. The van der Waals surface area contributed by atoms with Crippen molar-refractivity contribution < 1.29 is 4.74 Å². The van der Waals surface area contributed by atoms with E-state index in [-0.39, 0.29) is 0 Å². The molecule has 0 radical (unpaired) electrons. The summed E-state index contributed by atoms with van der Waals surface area (Å²) in [5, 5.41) is 3.75. The number of rotatable bonds is 3. The number of hydrogen-bond acceptors (Lipinski definition) is 2. The molecule has 2 heterocycles. The summed E-state index contributed by atoms with van der Waals surface area (Å²) in [7, 11) is 0. The Hall–Kier alpha value is -1.55. The fourth-order valence-electron chi connectivity index (χ4n) is 4.34. The third-order valence-corrected chi connectivity index (χ3v) is 5.92. The van der Waals surface area contributed by atoms with E-state index in [9.17, 15) is 0 Å². The van der Waals surface area contributed by atoms with E-state index < -0.39 is 0 Å². The average Bonchev–Trinajstić information content (AvgIpc) is 3.01. The van der Waals surface area contributed by atoms with Gasteiger partial charge in [-0.05, 0) is 44.2 Å². The summed E-state index contributed by atoms with van der Waals surface area (Å²) < 4.78 is 5.66. The van der Waals surface area contributed by atoms with Gasteiger partial charge in [-0.25, -0.2) is 0 Å². The van der Waals surface area contributed by atoms with E-state index in [0.29, 0.717) is 17.4 Å². The second-order valence-electron chi connectivity index (χ2n) is 7.72. The van der Waals surface area contributed by atoms with Crippen molar-refractivity contribution in [3.05, 3.63) is 35.4 Å². The van der Waals surface area contributed by atoms with Crippen LogP contribution in [0.15, 0.2) is 29.3 Å². The van der Waals surface area contributed by atoms with Crippen LogP contribution in [0.4, 0.5) is 0 Å². The van der Waals surface area contributed by atoms with Crippen molar-refractivity contribution >= 4 is 5.96 Å². The van der Waals surface area contributed by atoms with E-state index in [4.69, 9.17) is 9.73 Å². The summed E-state index contributed by atoms with van der Waals surface area (Å²) >= 11 is 0. The highest BCUT2D eigenvalue weighted by Crippen LogP contribution is 2.43. The zero-order valence-corrected chi connectivity index (χ0v) is 14.9. The number of ether oxygens (including phenoxy) is 1. The van der Waals surface area contributed by atoms with E-state index in [1.54, 1.807) is 0 Å². The molecule has 2 saturated heterocycles. The molecule has 4 heteroatoms. The molecule has 0 aromatic heterocycles. The smallest absolute Gasteiger partial charge is 0.194 e. The van der Waals surface area contributed by atoms with Crippen LogP contribution in [-0.4, -0.2) is 49.7 Å². The molecule has 0 bridgehead atoms. The lowest BCUT2D eigenvalue weighted by molar-refractivity contribution is 0.156. The third kappa shape index (κ3) is 3.04. The monoisotopic (exact) mass is 327 g/mol. The molecule has 1 aromatic carbocycles. The normalized spacial score (nSPS) is 32.6. The second-order valence-corrected chi connectivity index (χ2v) is 7.72. The molecular weight excluding hydrogens is 298 g/mol. The van der Waals surface area contributed by atoms with Gasteiger partial charge in [-0.15, -0.1) is 0 Å². The maximum Gasteiger partial charge on any atom is 0.194 e. The van der Waals surface area contributed by atoms with Crippen LogP contribution in [0.2, 0.25) is 0 Å². The number of nitrogens with zero attached hydrogens (tertiary/aromatic N) is 2. The quantitative estimate of drug-likeness (QED) is 0.685. The van der Waals surface area contributed by atoms with Crippen LogP contribution in [0.25, 0.3) is 0 Å². The van der Waals surface area contributed by atoms with Crippen molar-refractivity contribution in [3.8, 4) is 0 Å². The molecule has 130 valence electrons. The number of benzene rings is 1. The molecule has 3 unspecified atom stereocenters. The molecule has 3 atom stereocenters. The van der Waals surface area contributed by atoms with E-state index in [0.717, 1.165) is 38.8 Å². The Labute approximate surface area is 145 Å². The van der Waals surface area contributed by atoms with E-state index in [2.05, 4.69) is 48.3 Å². The molecular formula is C20H29N3O. The first-order chi connectivity index (χ1) is 11.7. The van der Waals surface area contributed by atoms with Gasteiger partial charge in [-0.3, -0.25) is 4.99 Å². The molecule has 1 spiro atoms. The summed E-state index contributed by atoms with van der Waals surface area (Å²) in [6.07, 6.45) is 3.66. The van der Waals surface area contributed by atoms with Crippen LogP contribution >= 0.6 is 0 Å². The van der Waals surface area contributed by atoms with Crippen LogP contribution in [0.3, 0.4) is 0 Å². The summed E-state index contributed by atoms with van der Waals surface area (Å²) in [5.74, 6) is 1.75. The number of likely N-dealkylation sites (tertiary alicyclic amines) is 1. The predicted octanol–water partition coefficient (Wildman–Crippen LogP) is 2.93. The van der Waals surface area contributed by atoms with Gasteiger partial charge in [-0.2, -0.15) is 0 Å². The first kappa shape index (κ1) is 15.9. The van der Waals surface area contributed by atoms with Crippen LogP contribution in [0.5, 0.6) is 0 Å². The van der Waals surface area contributed by atoms with Gasteiger partial charge in [0.2, 0.25) is 0 Å². The molecule has 1 aromatic rings. The number of aliphatic imine (C=N–C) groups is 1. The van der Waals surface area contributed by atoms with Gasteiger partial charge in [0, 0.05) is 43.6 Å². The zero-order valence-electron chi connectivity index (χ0n) is 14.9. The van der Waals surface area contributed by atoms with Gasteiger partial charge in [0.25, 0.3) is 0 Å². The van der Waals surface area contributed by atoms with Gasteiger partial charge in [0.05, 0.1) is 6.61 Å². The fourth-order valence-corrected chi connectivity index (χ4v) is 4.34. The lowest BCUT2D eigenvalue weighted by Crippen LogP contribution is -2.43. The SMILES string of the molecule is CCN=C(NC1CC1c1ccccc1C)N1CCC2(CCOC2)C1. The highest BCUT2D eigenvalue weighted by atomic mass is 16.5. The lowest BCUT2D eigenvalue weighted by Gasteiger charge is -2.25. The number of aryl methyl sites for hydroxylation is 1. The Morgan fingerprint density at radius 3 is 3.00 bits per heavy atom. The Morgan fingerprint density at radius 1 is 1.38 bits per heavy atom. The van der Waals surface area contributed by atoms with Crippen LogP contribution in [-0.2, 0) is 4.74 Å². The minimum atomic E-state index is 0.384. The van der Waals surface area contributed by atoms with Gasteiger partial charge < -0.3 is 15.0 Å². The molecule has 3 aliphatic rings. The van der Waals surface area contributed by atoms with Gasteiger partial charge >= 0.3 is 0 Å². The predicted molar refractivity (Wildman–Crippen MR) is 97.5 cm³/mol. The average molecular weight is 327 g/mol. The lowest BCUT2D eigenvalue weighted by atomic mass is 9.87. The number of guanidine groups is 1. The number of hydrogen-bond donors (Lipinski definition) is 1. The van der Waals surface area contributed by atoms with Crippen molar-refractivity contribution in [2.45, 2.75) is 45.1 Å². The van der Waals surface area contributed by atoms with Gasteiger partial charge in [0.15, 0.2) is 5.96 Å². The van der Waals surface area contributed by atoms with E-state index in [1.807, 2.05) is 0 Å². The highest BCUT2D eigenvalue weighted by Gasteiger charge is 2.44. The van der Waals surface area contributed by atoms with Crippen molar-refractivity contribution in [2.75, 3.05) is 32.8 Å². The second kappa shape index (κ2) is 6.40. The summed E-state index contributed by atoms with van der Waals surface area (Å²) in [4.78, 5) is 7.25. The van der Waals surface area contributed by atoms with Crippen LogP contribution < -0.4 is 5.32 Å². The van der Waals surface area contributed by atoms with Crippen LogP contribution in [0.1, 0.15) is 43.2 Å². The number of nitrogens with one attached hydrogen (secondary N) is 1. The van der Waals surface area contributed by atoms with Crippen molar-refractivity contribution in [2.24, 2.45) is 10.4 Å². The molecule has 4 nitrogen and oxygen atoms in total. The van der Waals surface area contributed by atoms with E-state index in [1.165, 1.54) is 30.4 Å². The Kier molecular flexibility index (Phi) is 4.25. The molecule has 4 rings (SSSR count). The Morgan fingerprint density at radius 2 is 2.25 bits per heavy atom. The van der Waals surface area contributed by atoms with Crippen molar-refractivity contribution in [1.29, 1.82) is 0 Å². The zero-order chi connectivity index (χ0) is 16.6. The topological polar surface area (TPSA) is 36.9 Å². The molecule has 1 saturated carbocycles. The molecule has 24 heavy (non-hydrogen) atoms. The Bertz CT molecular complexity index is 621. The highest BCUT2D eigenvalue weighted by molar-refractivity contribution is 5.81. The maximum absolute atomic E-state index is 5.66. The minimum Gasteiger partial charge on any atom is -0.381 e. The first-order valence-electron chi connectivity index (χ1n) is 9.40. The fraction of sp³-hybridized carbons (Fsp3) is 0.650. The molecule has 2 aliphatic heterocycles. The van der Waals surface area contributed by atoms with Crippen molar-refractivity contribution in [3.63, 3.8) is 0 Å². The standard InChI is InChI=1S/C20H29N3O/c1-3-21-19(23-10-8-20(13-23)9-11-24-14-20)22-18-12-17(18)16-7-5-4-6-15(16)2/h4-7,17-18H,3,8-14H2,1-2H3,(H,21,22). The van der Waals surface area contributed by atoms with Gasteiger partial charge in [0.1, 0.15) is 0 Å². The Balaban J connectivity index is 1.41. The molecule has 3 fully saturated rings. The summed E-state index contributed by atoms with van der Waals surface area (Å²) in [6, 6.07) is 9.31. The molecule has 1 N–H and O–H groups in total. The van der Waals surface area contributed by atoms with Crippen molar-refractivity contribution in [1.82, 2.24) is 10.2 Å². The third-order valence-electron chi connectivity index (χ3n) is 5.92. The maximum atomic E-state index is 5.66. The van der Waals surface area contributed by atoms with Gasteiger partial charge in [-0.1, -0.05) is 24.3 Å². The minimum absolute atomic E-state index is 0.384. The first-order valence-corrected chi connectivity index (χ1v) is 9.40. The van der Waals surface area contributed by atoms with E-state index >= 15 is 0 Å². The van der Waals surface area contributed by atoms with Crippen LogP contribution in [0, 0.1) is 12.3 Å². The summed E-state index contributed by atoms with van der Waals surface area (Å²) in [5.41, 5.74) is 3.28.